The lowest BCUT2D eigenvalue weighted by molar-refractivity contribution is 0.236. The molecule has 3 nitrogen and oxygen atoms in total. The number of hydrogen-bond acceptors (Lipinski definition) is 3. The number of halogens is 2. The molecular weight excluding hydrogens is 287 g/mol. The molecule has 0 aromatic heterocycles. The molecule has 0 aliphatic heterocycles. The van der Waals surface area contributed by atoms with E-state index in [1.807, 2.05) is 0 Å². The van der Waals surface area contributed by atoms with Crippen LogP contribution in [-0.2, 0) is 14.3 Å². The monoisotopic (exact) mass is 296 g/mol. The number of benzene rings is 1. The zero-order chi connectivity index (χ0) is 11.6. The summed E-state index contributed by atoms with van der Waals surface area (Å²) in [6.45, 7) is 1.58. The highest BCUT2D eigenvalue weighted by Gasteiger charge is 2.15. The van der Waals surface area contributed by atoms with E-state index < -0.39 is 22.0 Å². The summed E-state index contributed by atoms with van der Waals surface area (Å²) < 4.78 is 39.8. The quantitative estimate of drug-likeness (QED) is 0.806. The van der Waals surface area contributed by atoms with Crippen LogP contribution in [0.1, 0.15) is 18.6 Å². The maximum atomic E-state index is 12.8. The number of rotatable bonds is 3. The van der Waals surface area contributed by atoms with Gasteiger partial charge in [-0.3, -0.25) is 4.18 Å². The molecule has 0 saturated heterocycles. The first-order chi connectivity index (χ1) is 6.79. The maximum absolute atomic E-state index is 12.8. The molecule has 0 fully saturated rings. The largest absolute Gasteiger partial charge is 0.264 e. The lowest BCUT2D eigenvalue weighted by atomic mass is 10.1. The van der Waals surface area contributed by atoms with E-state index in [0.29, 0.717) is 10.0 Å². The Kier molecular flexibility index (Phi) is 3.86. The minimum atomic E-state index is -3.51. The maximum Gasteiger partial charge on any atom is 0.264 e. The third kappa shape index (κ3) is 3.89. The molecule has 0 saturated carbocycles. The summed E-state index contributed by atoms with van der Waals surface area (Å²) in [5.41, 5.74) is 0.585. The van der Waals surface area contributed by atoms with Crippen LogP contribution >= 0.6 is 15.9 Å². The van der Waals surface area contributed by atoms with Gasteiger partial charge in [-0.05, 0) is 24.6 Å². The Labute approximate surface area is 96.5 Å². The van der Waals surface area contributed by atoms with E-state index in [9.17, 15) is 12.8 Å². The lowest BCUT2D eigenvalue weighted by Crippen LogP contribution is -2.08. The molecule has 0 spiro atoms. The van der Waals surface area contributed by atoms with Gasteiger partial charge in [0.05, 0.1) is 6.26 Å². The summed E-state index contributed by atoms with van der Waals surface area (Å²) >= 11 is 3.14. The summed E-state index contributed by atoms with van der Waals surface area (Å²) in [4.78, 5) is 0. The predicted octanol–water partition coefficient (Wildman–Crippen LogP) is 2.63. The Morgan fingerprint density at radius 1 is 1.47 bits per heavy atom. The first kappa shape index (κ1) is 12.6. The van der Waals surface area contributed by atoms with Crippen molar-refractivity contribution in [3.8, 4) is 0 Å². The molecule has 0 bridgehead atoms. The summed E-state index contributed by atoms with van der Waals surface area (Å²) in [6, 6.07) is 4.00. The van der Waals surface area contributed by atoms with E-state index in [-0.39, 0.29) is 0 Å². The van der Waals surface area contributed by atoms with Crippen molar-refractivity contribution < 1.29 is 17.0 Å². The van der Waals surface area contributed by atoms with Crippen LogP contribution in [0.15, 0.2) is 22.7 Å². The van der Waals surface area contributed by atoms with Crippen molar-refractivity contribution in [2.24, 2.45) is 0 Å². The zero-order valence-corrected chi connectivity index (χ0v) is 10.6. The lowest BCUT2D eigenvalue weighted by Gasteiger charge is -2.12. The topological polar surface area (TPSA) is 43.4 Å². The predicted molar refractivity (Wildman–Crippen MR) is 58.4 cm³/mol. The van der Waals surface area contributed by atoms with Gasteiger partial charge in [-0.2, -0.15) is 8.42 Å². The van der Waals surface area contributed by atoms with Gasteiger partial charge >= 0.3 is 0 Å². The van der Waals surface area contributed by atoms with Crippen LogP contribution in [-0.4, -0.2) is 14.7 Å². The SMILES string of the molecule is CC(OS(C)(=O)=O)c1ccc(F)cc1Br. The standard InChI is InChI=1S/C9H10BrFO3S/c1-6(14-15(2,12)13)8-4-3-7(11)5-9(8)10/h3-6H,1-2H3. The molecule has 0 aliphatic carbocycles. The third-order valence-corrected chi connectivity index (χ3v) is 3.04. The fourth-order valence-electron chi connectivity index (χ4n) is 1.15. The molecular formula is C9H10BrFO3S. The zero-order valence-electron chi connectivity index (χ0n) is 8.20. The second kappa shape index (κ2) is 4.59. The van der Waals surface area contributed by atoms with Gasteiger partial charge in [0.1, 0.15) is 11.9 Å². The fraction of sp³-hybridized carbons (Fsp3) is 0.333. The summed E-state index contributed by atoms with van der Waals surface area (Å²) in [7, 11) is -3.51. The molecule has 84 valence electrons. The van der Waals surface area contributed by atoms with E-state index in [2.05, 4.69) is 15.9 Å². The second-order valence-electron chi connectivity index (χ2n) is 3.11. The molecule has 1 aromatic rings. The average Bonchev–Trinajstić information content (AvgIpc) is 1.99. The molecule has 1 unspecified atom stereocenters. The average molecular weight is 297 g/mol. The molecule has 0 radical (unpaired) electrons. The van der Waals surface area contributed by atoms with E-state index in [4.69, 9.17) is 4.18 Å². The normalized spacial score (nSPS) is 13.9. The van der Waals surface area contributed by atoms with Crippen LogP contribution in [0.3, 0.4) is 0 Å². The summed E-state index contributed by atoms with van der Waals surface area (Å²) in [5, 5.41) is 0. The highest BCUT2D eigenvalue weighted by Crippen LogP contribution is 2.27. The molecule has 15 heavy (non-hydrogen) atoms. The van der Waals surface area contributed by atoms with Crippen molar-refractivity contribution in [1.82, 2.24) is 0 Å². The Hall–Kier alpha value is -0.460. The van der Waals surface area contributed by atoms with Gasteiger partial charge in [-0.15, -0.1) is 0 Å². The molecule has 0 amide bonds. The van der Waals surface area contributed by atoms with Gasteiger partial charge in [-0.1, -0.05) is 22.0 Å². The van der Waals surface area contributed by atoms with E-state index >= 15 is 0 Å². The molecule has 6 heteroatoms. The Balaban J connectivity index is 2.97. The number of hydrogen-bond donors (Lipinski definition) is 0. The smallest absolute Gasteiger partial charge is 0.262 e. The van der Waals surface area contributed by atoms with Crippen LogP contribution in [0, 0.1) is 5.82 Å². The van der Waals surface area contributed by atoms with Crippen molar-refractivity contribution in [3.05, 3.63) is 34.1 Å². The van der Waals surface area contributed by atoms with Crippen molar-refractivity contribution in [2.45, 2.75) is 13.0 Å². The minimum absolute atomic E-state index is 0.391. The molecule has 1 aromatic carbocycles. The first-order valence-corrected chi connectivity index (χ1v) is 6.74. The van der Waals surface area contributed by atoms with E-state index in [1.54, 1.807) is 6.92 Å². The van der Waals surface area contributed by atoms with Crippen LogP contribution in [0.4, 0.5) is 4.39 Å². The van der Waals surface area contributed by atoms with Gasteiger partial charge in [-0.25, -0.2) is 4.39 Å². The van der Waals surface area contributed by atoms with Gasteiger partial charge in [0.25, 0.3) is 10.1 Å². The summed E-state index contributed by atoms with van der Waals surface area (Å²) in [6.07, 6.45) is 0.330. The van der Waals surface area contributed by atoms with Gasteiger partial charge < -0.3 is 0 Å². The van der Waals surface area contributed by atoms with Crippen LogP contribution in [0.2, 0.25) is 0 Å². The Morgan fingerprint density at radius 2 is 2.07 bits per heavy atom. The van der Waals surface area contributed by atoms with Crippen LogP contribution in [0.25, 0.3) is 0 Å². The van der Waals surface area contributed by atoms with Crippen LogP contribution < -0.4 is 0 Å². The highest BCUT2D eigenvalue weighted by atomic mass is 79.9. The second-order valence-corrected chi connectivity index (χ2v) is 5.56. The highest BCUT2D eigenvalue weighted by molar-refractivity contribution is 9.10. The molecule has 0 aliphatic rings. The Morgan fingerprint density at radius 3 is 2.53 bits per heavy atom. The fourth-order valence-corrected chi connectivity index (χ4v) is 2.45. The molecule has 1 atom stereocenters. The Bertz CT molecular complexity index is 458. The van der Waals surface area contributed by atoms with Crippen molar-refractivity contribution in [3.63, 3.8) is 0 Å². The van der Waals surface area contributed by atoms with Crippen molar-refractivity contribution in [1.29, 1.82) is 0 Å². The summed E-state index contributed by atoms with van der Waals surface area (Å²) in [5.74, 6) is -0.391. The van der Waals surface area contributed by atoms with Crippen molar-refractivity contribution in [2.75, 3.05) is 6.26 Å². The van der Waals surface area contributed by atoms with Gasteiger partial charge in [0.2, 0.25) is 0 Å². The molecule has 1 rings (SSSR count). The van der Waals surface area contributed by atoms with Crippen LogP contribution in [0.5, 0.6) is 0 Å². The van der Waals surface area contributed by atoms with Gasteiger partial charge in [0.15, 0.2) is 0 Å². The third-order valence-electron chi connectivity index (χ3n) is 1.72. The minimum Gasteiger partial charge on any atom is -0.262 e. The van der Waals surface area contributed by atoms with Crippen molar-refractivity contribution >= 4 is 26.0 Å². The van der Waals surface area contributed by atoms with E-state index in [0.717, 1.165) is 6.26 Å². The first-order valence-electron chi connectivity index (χ1n) is 4.13. The van der Waals surface area contributed by atoms with Gasteiger partial charge in [0, 0.05) is 4.47 Å². The van der Waals surface area contributed by atoms with E-state index in [1.165, 1.54) is 18.2 Å². The molecule has 0 heterocycles. The molecule has 0 N–H and O–H groups in total.